The van der Waals surface area contributed by atoms with E-state index >= 15 is 0 Å². The van der Waals surface area contributed by atoms with Gasteiger partial charge in [-0.05, 0) is 47.5 Å². The summed E-state index contributed by atoms with van der Waals surface area (Å²) in [6, 6.07) is 20.3. The highest BCUT2D eigenvalue weighted by molar-refractivity contribution is 5.94. The smallest absolute Gasteiger partial charge is 0.321 e. The van der Waals surface area contributed by atoms with Crippen molar-refractivity contribution in [2.75, 3.05) is 13.9 Å². The Morgan fingerprint density at radius 3 is 2.47 bits per heavy atom. The predicted molar refractivity (Wildman–Crippen MR) is 124 cm³/mol. The zero-order chi connectivity index (χ0) is 23.3. The van der Waals surface area contributed by atoms with Crippen LogP contribution in [-0.2, 0) is 6.54 Å². The number of nitrogens with zero attached hydrogens (tertiary/aromatic N) is 2. The van der Waals surface area contributed by atoms with Gasteiger partial charge in [0.2, 0.25) is 6.79 Å². The molecule has 0 saturated heterocycles. The molecule has 0 radical (unpaired) electrons. The summed E-state index contributed by atoms with van der Waals surface area (Å²) in [6.07, 6.45) is 3.36. The van der Waals surface area contributed by atoms with Gasteiger partial charge in [0.15, 0.2) is 11.5 Å². The molecule has 0 unspecified atom stereocenters. The first kappa shape index (κ1) is 21.3. The van der Waals surface area contributed by atoms with Crippen LogP contribution in [0.25, 0.3) is 11.1 Å². The van der Waals surface area contributed by atoms with Gasteiger partial charge in [0.05, 0.1) is 7.11 Å². The lowest BCUT2D eigenvalue weighted by molar-refractivity contribution is 0.0951. The number of amides is 1. The molecule has 0 atom stereocenters. The Morgan fingerprint density at radius 2 is 1.68 bits per heavy atom. The molecule has 0 saturated carbocycles. The van der Waals surface area contributed by atoms with Gasteiger partial charge in [-0.25, -0.2) is 9.97 Å². The van der Waals surface area contributed by atoms with Crippen molar-refractivity contribution < 1.29 is 23.7 Å². The molecule has 8 nitrogen and oxygen atoms in total. The Hall–Kier alpha value is -4.59. The van der Waals surface area contributed by atoms with Crippen LogP contribution in [0.5, 0.6) is 29.0 Å². The standard InChI is InChI=1S/C26H21N3O5/c1-31-21-3-2-4-22(12-21)34-26-28-14-20(15-29-26)18-6-8-19(9-7-18)25(30)27-13-17-5-10-23-24(11-17)33-16-32-23/h2-12,14-15H,13,16H2,1H3,(H,27,30). The molecule has 1 N–H and O–H groups in total. The van der Waals surface area contributed by atoms with Crippen molar-refractivity contribution in [3.05, 3.63) is 90.3 Å². The van der Waals surface area contributed by atoms with E-state index < -0.39 is 0 Å². The molecule has 1 amide bonds. The summed E-state index contributed by atoms with van der Waals surface area (Å²) >= 11 is 0. The monoisotopic (exact) mass is 455 g/mol. The molecule has 3 aromatic carbocycles. The quantitative estimate of drug-likeness (QED) is 0.435. The first-order chi connectivity index (χ1) is 16.7. The topological polar surface area (TPSA) is 91.8 Å². The van der Waals surface area contributed by atoms with Crippen LogP contribution in [0.1, 0.15) is 15.9 Å². The molecule has 5 rings (SSSR count). The molecule has 2 heterocycles. The fraction of sp³-hybridized carbons (Fsp3) is 0.115. The molecule has 1 aliphatic heterocycles. The van der Waals surface area contributed by atoms with E-state index in [2.05, 4.69) is 15.3 Å². The second-order valence-corrected chi connectivity index (χ2v) is 7.48. The minimum absolute atomic E-state index is 0.164. The van der Waals surface area contributed by atoms with Crippen LogP contribution in [0.15, 0.2) is 79.1 Å². The van der Waals surface area contributed by atoms with Crippen LogP contribution < -0.4 is 24.3 Å². The number of hydrogen-bond acceptors (Lipinski definition) is 7. The largest absolute Gasteiger partial charge is 0.497 e. The minimum atomic E-state index is -0.164. The zero-order valence-corrected chi connectivity index (χ0v) is 18.4. The first-order valence-electron chi connectivity index (χ1n) is 10.6. The Labute approximate surface area is 196 Å². The number of hydrogen-bond donors (Lipinski definition) is 1. The molecule has 1 aliphatic rings. The number of rotatable bonds is 7. The Morgan fingerprint density at radius 1 is 0.912 bits per heavy atom. The number of methoxy groups -OCH3 is 1. The number of ether oxygens (including phenoxy) is 4. The van der Waals surface area contributed by atoms with E-state index in [4.69, 9.17) is 18.9 Å². The van der Waals surface area contributed by atoms with Crippen LogP contribution in [0.4, 0.5) is 0 Å². The first-order valence-corrected chi connectivity index (χ1v) is 10.6. The van der Waals surface area contributed by atoms with Gasteiger partial charge in [-0.1, -0.05) is 24.3 Å². The van der Waals surface area contributed by atoms with Crippen LogP contribution in [-0.4, -0.2) is 29.8 Å². The van der Waals surface area contributed by atoms with Gasteiger partial charge in [-0.3, -0.25) is 4.79 Å². The molecule has 4 aromatic rings. The molecular weight excluding hydrogens is 434 g/mol. The van der Waals surface area contributed by atoms with Gasteiger partial charge in [0.25, 0.3) is 5.91 Å². The lowest BCUT2D eigenvalue weighted by atomic mass is 10.1. The molecule has 0 bridgehead atoms. The van der Waals surface area contributed by atoms with Crippen molar-refractivity contribution in [1.29, 1.82) is 0 Å². The molecule has 0 aliphatic carbocycles. The third kappa shape index (κ3) is 4.75. The Balaban J connectivity index is 1.20. The van der Waals surface area contributed by atoms with Gasteiger partial charge in [-0.2, -0.15) is 0 Å². The van der Waals surface area contributed by atoms with E-state index in [0.717, 1.165) is 22.4 Å². The lowest BCUT2D eigenvalue weighted by Gasteiger charge is -2.08. The highest BCUT2D eigenvalue weighted by Crippen LogP contribution is 2.32. The van der Waals surface area contributed by atoms with E-state index in [0.29, 0.717) is 29.4 Å². The summed E-state index contributed by atoms with van der Waals surface area (Å²) in [5, 5.41) is 2.92. The number of carbonyl (C=O) groups is 1. The summed E-state index contributed by atoms with van der Waals surface area (Å²) < 4.78 is 21.6. The predicted octanol–water partition coefficient (Wildman–Crippen LogP) is 4.60. The normalized spacial score (nSPS) is 11.7. The van der Waals surface area contributed by atoms with Gasteiger partial charge in [0.1, 0.15) is 11.5 Å². The fourth-order valence-corrected chi connectivity index (χ4v) is 3.44. The number of benzene rings is 3. The molecule has 1 aromatic heterocycles. The summed E-state index contributed by atoms with van der Waals surface area (Å²) in [7, 11) is 1.60. The molecule has 34 heavy (non-hydrogen) atoms. The average molecular weight is 455 g/mol. The second kappa shape index (κ2) is 9.50. The van der Waals surface area contributed by atoms with Crippen molar-refractivity contribution in [3.63, 3.8) is 0 Å². The Bertz CT molecular complexity index is 1310. The van der Waals surface area contributed by atoms with Crippen LogP contribution in [0, 0.1) is 0 Å². The van der Waals surface area contributed by atoms with E-state index in [1.54, 1.807) is 43.8 Å². The van der Waals surface area contributed by atoms with Gasteiger partial charge in [-0.15, -0.1) is 0 Å². The minimum Gasteiger partial charge on any atom is -0.497 e. The van der Waals surface area contributed by atoms with E-state index in [1.807, 2.05) is 42.5 Å². The number of carbonyl (C=O) groups excluding carboxylic acids is 1. The second-order valence-electron chi connectivity index (χ2n) is 7.48. The SMILES string of the molecule is COc1cccc(Oc2ncc(-c3ccc(C(=O)NCc4ccc5c(c4)OCO5)cc3)cn2)c1. The summed E-state index contributed by atoms with van der Waals surface area (Å²) in [6.45, 7) is 0.611. The zero-order valence-electron chi connectivity index (χ0n) is 18.4. The maximum Gasteiger partial charge on any atom is 0.321 e. The molecular formula is C26H21N3O5. The van der Waals surface area contributed by atoms with Gasteiger partial charge in [0, 0.05) is 36.1 Å². The fourth-order valence-electron chi connectivity index (χ4n) is 3.44. The van der Waals surface area contributed by atoms with Crippen LogP contribution in [0.2, 0.25) is 0 Å². The van der Waals surface area contributed by atoms with Crippen molar-refractivity contribution in [3.8, 4) is 40.1 Å². The number of nitrogens with one attached hydrogen (secondary N) is 1. The van der Waals surface area contributed by atoms with Gasteiger partial charge >= 0.3 is 6.01 Å². The van der Waals surface area contributed by atoms with Gasteiger partial charge < -0.3 is 24.3 Å². The Kier molecular flexibility index (Phi) is 5.94. The van der Waals surface area contributed by atoms with Crippen molar-refractivity contribution >= 4 is 5.91 Å². The average Bonchev–Trinajstić information content (AvgIpc) is 3.36. The summed E-state index contributed by atoms with van der Waals surface area (Å²) in [5.41, 5.74) is 3.19. The number of aromatic nitrogens is 2. The lowest BCUT2D eigenvalue weighted by Crippen LogP contribution is -2.22. The van der Waals surface area contributed by atoms with Crippen LogP contribution >= 0.6 is 0 Å². The maximum atomic E-state index is 12.5. The molecule has 0 fully saturated rings. The van der Waals surface area contributed by atoms with E-state index in [1.165, 1.54) is 0 Å². The summed E-state index contributed by atoms with van der Waals surface area (Å²) in [4.78, 5) is 21.1. The van der Waals surface area contributed by atoms with Crippen molar-refractivity contribution in [2.24, 2.45) is 0 Å². The highest BCUT2D eigenvalue weighted by Gasteiger charge is 2.14. The van der Waals surface area contributed by atoms with E-state index in [-0.39, 0.29) is 18.7 Å². The molecule has 170 valence electrons. The third-order valence-corrected chi connectivity index (χ3v) is 5.25. The highest BCUT2D eigenvalue weighted by atomic mass is 16.7. The maximum absolute atomic E-state index is 12.5. The molecule has 8 heteroatoms. The molecule has 0 spiro atoms. The summed E-state index contributed by atoms with van der Waals surface area (Å²) in [5.74, 6) is 2.52. The van der Waals surface area contributed by atoms with Crippen molar-refractivity contribution in [2.45, 2.75) is 6.54 Å². The number of fused-ring (bicyclic) bond motifs is 1. The van der Waals surface area contributed by atoms with Crippen molar-refractivity contribution in [1.82, 2.24) is 15.3 Å². The third-order valence-electron chi connectivity index (χ3n) is 5.25. The van der Waals surface area contributed by atoms with E-state index in [9.17, 15) is 4.79 Å². The van der Waals surface area contributed by atoms with Crippen LogP contribution in [0.3, 0.4) is 0 Å².